The van der Waals surface area contributed by atoms with Gasteiger partial charge in [-0.1, -0.05) is 0 Å². The first kappa shape index (κ1) is 10.1. The summed E-state index contributed by atoms with van der Waals surface area (Å²) < 4.78 is 12.6. The number of hydrogen-bond donors (Lipinski definition) is 2. The molecule has 1 rings (SSSR count). The van der Waals surface area contributed by atoms with Crippen molar-refractivity contribution in [2.24, 2.45) is 5.92 Å². The Bertz CT molecular complexity index is 93.8. The molecule has 0 aromatic rings. The van der Waals surface area contributed by atoms with Gasteiger partial charge in [-0.05, 0) is 13.0 Å². The largest absolute Gasteiger partial charge is 0.396 e. The Morgan fingerprint density at radius 2 is 2.30 bits per heavy atom. The number of rotatable bonds is 1. The summed E-state index contributed by atoms with van der Waals surface area (Å²) in [7, 11) is 0. The molecule has 62 valence electrons. The molecule has 10 heavy (non-hydrogen) atoms. The monoisotopic (exact) mass is 169 g/mol. The second-order valence-corrected chi connectivity index (χ2v) is 2.45. The van der Waals surface area contributed by atoms with Crippen LogP contribution in [0.15, 0.2) is 0 Å². The highest BCUT2D eigenvalue weighted by molar-refractivity contribution is 5.85. The Kier molecular flexibility index (Phi) is 4.95. The molecule has 0 aromatic heterocycles. The molecule has 0 aliphatic carbocycles. The van der Waals surface area contributed by atoms with Crippen molar-refractivity contribution in [3.05, 3.63) is 0 Å². The second-order valence-electron chi connectivity index (χ2n) is 2.45. The molecule has 4 heteroatoms. The Hall–Kier alpha value is 0.140. The van der Waals surface area contributed by atoms with Crippen molar-refractivity contribution in [3.63, 3.8) is 0 Å². The summed E-state index contributed by atoms with van der Waals surface area (Å²) in [6, 6.07) is 0. The van der Waals surface area contributed by atoms with E-state index >= 15 is 0 Å². The van der Waals surface area contributed by atoms with Crippen LogP contribution in [0.25, 0.3) is 0 Å². The van der Waals surface area contributed by atoms with E-state index in [9.17, 15) is 4.39 Å². The quantitative estimate of drug-likeness (QED) is 0.594. The lowest BCUT2D eigenvalue weighted by molar-refractivity contribution is 0.111. The van der Waals surface area contributed by atoms with Gasteiger partial charge in [-0.3, -0.25) is 0 Å². The minimum absolute atomic E-state index is 0. The normalized spacial score (nSPS) is 33.0. The zero-order chi connectivity index (χ0) is 6.69. The fourth-order valence-corrected chi connectivity index (χ4v) is 1.08. The summed E-state index contributed by atoms with van der Waals surface area (Å²) in [5.74, 6) is -0.119. The molecule has 2 N–H and O–H groups in total. The van der Waals surface area contributed by atoms with Gasteiger partial charge < -0.3 is 10.4 Å². The van der Waals surface area contributed by atoms with Gasteiger partial charge >= 0.3 is 0 Å². The van der Waals surface area contributed by atoms with Crippen molar-refractivity contribution in [1.29, 1.82) is 0 Å². The molecule has 1 fully saturated rings. The van der Waals surface area contributed by atoms with E-state index in [1.807, 2.05) is 0 Å². The van der Waals surface area contributed by atoms with Gasteiger partial charge in [0.2, 0.25) is 0 Å². The topological polar surface area (TPSA) is 32.3 Å². The van der Waals surface area contributed by atoms with Crippen molar-refractivity contribution in [3.8, 4) is 0 Å². The van der Waals surface area contributed by atoms with E-state index in [1.165, 1.54) is 0 Å². The number of aliphatic hydroxyl groups excluding tert-OH is 1. The fraction of sp³-hybridized carbons (Fsp3) is 1.00. The Balaban J connectivity index is 0.000000810. The van der Waals surface area contributed by atoms with Crippen LogP contribution in [0.1, 0.15) is 6.42 Å². The SMILES string of the molecule is Cl.OC[C@H]1CCNC[C@@H]1F. The first-order chi connectivity index (χ1) is 4.34. The van der Waals surface area contributed by atoms with E-state index in [2.05, 4.69) is 5.32 Å². The number of aliphatic hydroxyl groups is 1. The van der Waals surface area contributed by atoms with Crippen molar-refractivity contribution in [1.82, 2.24) is 5.32 Å². The van der Waals surface area contributed by atoms with Gasteiger partial charge in [0, 0.05) is 19.1 Å². The zero-order valence-electron chi connectivity index (χ0n) is 5.72. The highest BCUT2D eigenvalue weighted by Crippen LogP contribution is 2.13. The molecule has 0 bridgehead atoms. The lowest BCUT2D eigenvalue weighted by atomic mass is 9.97. The Morgan fingerprint density at radius 1 is 1.60 bits per heavy atom. The molecule has 2 atom stereocenters. The van der Waals surface area contributed by atoms with Crippen LogP contribution in [-0.4, -0.2) is 31.0 Å². The van der Waals surface area contributed by atoms with Crippen LogP contribution in [-0.2, 0) is 0 Å². The van der Waals surface area contributed by atoms with E-state index in [0.29, 0.717) is 6.54 Å². The average molecular weight is 170 g/mol. The Labute approximate surface area is 66.2 Å². The maximum absolute atomic E-state index is 12.6. The fourth-order valence-electron chi connectivity index (χ4n) is 1.08. The van der Waals surface area contributed by atoms with Crippen LogP contribution < -0.4 is 5.32 Å². The molecule has 0 unspecified atom stereocenters. The molecule has 0 saturated carbocycles. The minimum atomic E-state index is -0.844. The van der Waals surface area contributed by atoms with Gasteiger partial charge in [-0.25, -0.2) is 4.39 Å². The highest BCUT2D eigenvalue weighted by atomic mass is 35.5. The number of nitrogens with one attached hydrogen (secondary N) is 1. The van der Waals surface area contributed by atoms with Gasteiger partial charge in [0.15, 0.2) is 0 Å². The first-order valence-corrected chi connectivity index (χ1v) is 3.30. The van der Waals surface area contributed by atoms with E-state index in [4.69, 9.17) is 5.11 Å². The van der Waals surface area contributed by atoms with Crippen LogP contribution in [0.3, 0.4) is 0 Å². The van der Waals surface area contributed by atoms with Gasteiger partial charge in [0.25, 0.3) is 0 Å². The van der Waals surface area contributed by atoms with Crippen molar-refractivity contribution in [2.75, 3.05) is 19.7 Å². The van der Waals surface area contributed by atoms with Crippen molar-refractivity contribution in [2.45, 2.75) is 12.6 Å². The molecule has 1 aliphatic rings. The molecular formula is C6H13ClFNO. The summed E-state index contributed by atoms with van der Waals surface area (Å²) >= 11 is 0. The van der Waals surface area contributed by atoms with Crippen LogP contribution in [0.5, 0.6) is 0 Å². The van der Waals surface area contributed by atoms with Crippen LogP contribution in [0.4, 0.5) is 4.39 Å². The number of hydrogen-bond acceptors (Lipinski definition) is 2. The van der Waals surface area contributed by atoms with Gasteiger partial charge in [-0.2, -0.15) is 0 Å². The molecule has 1 saturated heterocycles. The van der Waals surface area contributed by atoms with Crippen molar-refractivity contribution >= 4 is 12.4 Å². The maximum atomic E-state index is 12.6. The third kappa shape index (κ3) is 2.40. The lowest BCUT2D eigenvalue weighted by Crippen LogP contribution is -2.39. The molecular weight excluding hydrogens is 157 g/mol. The summed E-state index contributed by atoms with van der Waals surface area (Å²) in [6.45, 7) is 1.24. The number of halogens is 2. The summed E-state index contributed by atoms with van der Waals surface area (Å²) in [5.41, 5.74) is 0. The van der Waals surface area contributed by atoms with Crippen LogP contribution in [0.2, 0.25) is 0 Å². The second kappa shape index (κ2) is 4.88. The van der Waals surface area contributed by atoms with Gasteiger partial charge in [0.1, 0.15) is 6.17 Å². The predicted octanol–water partition coefficient (Wildman–Crippen LogP) is 0.348. The lowest BCUT2D eigenvalue weighted by Gasteiger charge is -2.24. The molecule has 0 aromatic carbocycles. The summed E-state index contributed by atoms with van der Waals surface area (Å²) in [6.07, 6.45) is -0.0822. The highest BCUT2D eigenvalue weighted by Gasteiger charge is 2.22. The third-order valence-corrected chi connectivity index (χ3v) is 1.78. The van der Waals surface area contributed by atoms with Crippen molar-refractivity contribution < 1.29 is 9.50 Å². The predicted molar refractivity (Wildman–Crippen MR) is 40.2 cm³/mol. The first-order valence-electron chi connectivity index (χ1n) is 3.30. The van der Waals surface area contributed by atoms with Gasteiger partial charge in [0.05, 0.1) is 0 Å². The standard InChI is InChI=1S/C6H12FNO.ClH/c7-6-3-8-2-1-5(6)4-9;/h5-6,8-9H,1-4H2;1H/t5-,6+;/m1./s1. The molecule has 0 spiro atoms. The maximum Gasteiger partial charge on any atom is 0.118 e. The molecule has 1 heterocycles. The average Bonchev–Trinajstić information content (AvgIpc) is 1.89. The smallest absolute Gasteiger partial charge is 0.118 e. The molecule has 0 amide bonds. The Morgan fingerprint density at radius 3 is 2.70 bits per heavy atom. The summed E-state index contributed by atoms with van der Waals surface area (Å²) in [4.78, 5) is 0. The molecule has 2 nitrogen and oxygen atoms in total. The van der Waals surface area contributed by atoms with E-state index in [-0.39, 0.29) is 24.9 Å². The summed E-state index contributed by atoms with van der Waals surface area (Å²) in [5, 5.41) is 11.5. The van der Waals surface area contributed by atoms with E-state index in [1.54, 1.807) is 0 Å². The molecule has 0 radical (unpaired) electrons. The number of piperidine rings is 1. The van der Waals surface area contributed by atoms with E-state index in [0.717, 1.165) is 13.0 Å². The minimum Gasteiger partial charge on any atom is -0.396 e. The zero-order valence-corrected chi connectivity index (χ0v) is 6.53. The number of alkyl halides is 1. The van der Waals surface area contributed by atoms with E-state index < -0.39 is 6.17 Å². The third-order valence-electron chi connectivity index (χ3n) is 1.78. The van der Waals surface area contributed by atoms with Gasteiger partial charge in [-0.15, -0.1) is 12.4 Å². The molecule has 1 aliphatic heterocycles. The van der Waals surface area contributed by atoms with Crippen LogP contribution >= 0.6 is 12.4 Å². The van der Waals surface area contributed by atoms with Crippen LogP contribution in [0, 0.1) is 5.92 Å².